The minimum Gasteiger partial charge on any atom is -0.294 e. The summed E-state index contributed by atoms with van der Waals surface area (Å²) >= 11 is 0. The minimum atomic E-state index is -2.51. The van der Waals surface area contributed by atoms with Gasteiger partial charge in [0, 0.05) is 18.1 Å². The van der Waals surface area contributed by atoms with Gasteiger partial charge in [0.2, 0.25) is 0 Å². The Morgan fingerprint density at radius 3 is 2.08 bits per heavy atom. The molecular formula is C18H14F2O3S. The molecule has 124 valence electrons. The van der Waals surface area contributed by atoms with Gasteiger partial charge in [0.15, 0.2) is 5.78 Å². The summed E-state index contributed by atoms with van der Waals surface area (Å²) in [4.78, 5) is 12.2. The van der Waals surface area contributed by atoms with Crippen molar-refractivity contribution in [2.75, 3.05) is 0 Å². The van der Waals surface area contributed by atoms with Gasteiger partial charge < -0.3 is 0 Å². The average Bonchev–Trinajstić information content (AvgIpc) is 2.88. The molecule has 2 aromatic rings. The third kappa shape index (κ3) is 3.43. The molecule has 3 nitrogen and oxygen atoms in total. The molecule has 0 radical (unpaired) electrons. The Kier molecular flexibility index (Phi) is 4.57. The van der Waals surface area contributed by atoms with Crippen LogP contribution >= 0.6 is 0 Å². The SMILES string of the molecule is O=C1CCC(c2ccc(C[SH](=O)=O)cc2)=C1c1cc(F)cc(F)c1. The van der Waals surface area contributed by atoms with Crippen molar-refractivity contribution >= 4 is 27.6 Å². The molecule has 6 heteroatoms. The lowest BCUT2D eigenvalue weighted by Gasteiger charge is -2.08. The fraction of sp³-hybridized carbons (Fsp3) is 0.167. The second-order valence-electron chi connectivity index (χ2n) is 5.62. The van der Waals surface area contributed by atoms with Crippen LogP contribution in [0.15, 0.2) is 42.5 Å². The highest BCUT2D eigenvalue weighted by Crippen LogP contribution is 2.38. The van der Waals surface area contributed by atoms with E-state index in [-0.39, 0.29) is 23.5 Å². The Morgan fingerprint density at radius 2 is 1.50 bits per heavy atom. The van der Waals surface area contributed by atoms with E-state index < -0.39 is 22.3 Å². The van der Waals surface area contributed by atoms with Crippen LogP contribution in [-0.4, -0.2) is 14.2 Å². The summed E-state index contributed by atoms with van der Waals surface area (Å²) in [5, 5.41) is 0. The Labute approximate surface area is 139 Å². The van der Waals surface area contributed by atoms with Gasteiger partial charge in [0.25, 0.3) is 0 Å². The van der Waals surface area contributed by atoms with Crippen LogP contribution in [0.2, 0.25) is 0 Å². The number of thiol groups is 1. The average molecular weight is 348 g/mol. The van der Waals surface area contributed by atoms with Gasteiger partial charge in [0.1, 0.15) is 22.3 Å². The van der Waals surface area contributed by atoms with Gasteiger partial charge in [-0.2, -0.15) is 0 Å². The molecular weight excluding hydrogens is 334 g/mol. The van der Waals surface area contributed by atoms with E-state index in [2.05, 4.69) is 0 Å². The topological polar surface area (TPSA) is 51.2 Å². The summed E-state index contributed by atoms with van der Waals surface area (Å²) in [7, 11) is -2.51. The summed E-state index contributed by atoms with van der Waals surface area (Å²) in [6.07, 6.45) is 0.776. The molecule has 0 spiro atoms. The molecule has 0 bridgehead atoms. The van der Waals surface area contributed by atoms with Crippen LogP contribution in [0.5, 0.6) is 0 Å². The smallest absolute Gasteiger partial charge is 0.164 e. The molecule has 0 atom stereocenters. The van der Waals surface area contributed by atoms with Crippen LogP contribution in [0.3, 0.4) is 0 Å². The Morgan fingerprint density at radius 1 is 0.875 bits per heavy atom. The zero-order valence-corrected chi connectivity index (χ0v) is 13.5. The van der Waals surface area contributed by atoms with E-state index in [9.17, 15) is 22.0 Å². The van der Waals surface area contributed by atoms with Crippen LogP contribution < -0.4 is 0 Å². The molecule has 2 aromatic carbocycles. The maximum atomic E-state index is 13.5. The predicted octanol–water partition coefficient (Wildman–Crippen LogP) is 3.35. The van der Waals surface area contributed by atoms with Crippen molar-refractivity contribution in [3.63, 3.8) is 0 Å². The molecule has 0 heterocycles. The number of hydrogen-bond donors (Lipinski definition) is 1. The number of ketones is 1. The maximum absolute atomic E-state index is 13.5. The maximum Gasteiger partial charge on any atom is 0.164 e. The van der Waals surface area contributed by atoms with Crippen LogP contribution in [0.4, 0.5) is 8.78 Å². The van der Waals surface area contributed by atoms with Crippen molar-refractivity contribution in [3.8, 4) is 0 Å². The molecule has 0 N–H and O–H groups in total. The zero-order valence-electron chi connectivity index (χ0n) is 12.6. The highest BCUT2D eigenvalue weighted by molar-refractivity contribution is 7.71. The molecule has 0 aromatic heterocycles. The zero-order chi connectivity index (χ0) is 17.3. The second kappa shape index (κ2) is 6.65. The lowest BCUT2D eigenvalue weighted by molar-refractivity contribution is -0.113. The van der Waals surface area contributed by atoms with Crippen LogP contribution in [0.1, 0.15) is 29.5 Å². The quantitative estimate of drug-likeness (QED) is 0.862. The van der Waals surface area contributed by atoms with Gasteiger partial charge in [-0.3, -0.25) is 4.79 Å². The number of allylic oxidation sites excluding steroid dienone is 2. The van der Waals surface area contributed by atoms with E-state index in [0.29, 0.717) is 17.6 Å². The highest BCUT2D eigenvalue weighted by Gasteiger charge is 2.26. The Bertz CT molecular complexity index is 884. The van der Waals surface area contributed by atoms with Crippen molar-refractivity contribution in [1.82, 2.24) is 0 Å². The number of halogens is 2. The molecule has 0 saturated heterocycles. The van der Waals surface area contributed by atoms with E-state index >= 15 is 0 Å². The summed E-state index contributed by atoms with van der Waals surface area (Å²) in [6, 6.07) is 9.90. The van der Waals surface area contributed by atoms with Gasteiger partial charge in [0.05, 0.1) is 5.75 Å². The summed E-state index contributed by atoms with van der Waals surface area (Å²) in [5.74, 6) is -1.66. The number of benzene rings is 2. The summed E-state index contributed by atoms with van der Waals surface area (Å²) in [6.45, 7) is 0. The Balaban J connectivity index is 2.06. The fourth-order valence-corrected chi connectivity index (χ4v) is 3.45. The molecule has 0 amide bonds. The van der Waals surface area contributed by atoms with Gasteiger partial charge in [-0.25, -0.2) is 17.2 Å². The van der Waals surface area contributed by atoms with Crippen molar-refractivity contribution in [1.29, 1.82) is 0 Å². The summed E-state index contributed by atoms with van der Waals surface area (Å²) < 4.78 is 48.5. The number of hydrogen-bond acceptors (Lipinski definition) is 3. The molecule has 0 fully saturated rings. The summed E-state index contributed by atoms with van der Waals surface area (Å²) in [5.41, 5.74) is 2.69. The van der Waals surface area contributed by atoms with Crippen LogP contribution in [0, 0.1) is 11.6 Å². The predicted molar refractivity (Wildman–Crippen MR) is 87.9 cm³/mol. The number of rotatable bonds is 4. The molecule has 1 aliphatic carbocycles. The van der Waals surface area contributed by atoms with E-state index in [1.165, 1.54) is 0 Å². The van der Waals surface area contributed by atoms with Gasteiger partial charge in [-0.1, -0.05) is 24.3 Å². The number of carbonyl (C=O) groups is 1. The van der Waals surface area contributed by atoms with Crippen molar-refractivity contribution in [2.24, 2.45) is 0 Å². The van der Waals surface area contributed by atoms with Crippen molar-refractivity contribution in [3.05, 3.63) is 70.8 Å². The molecule has 24 heavy (non-hydrogen) atoms. The number of Topliss-reactive ketones (excluding diaryl/α,β-unsaturated/α-hetero) is 1. The molecule has 0 saturated carbocycles. The second-order valence-corrected chi connectivity index (χ2v) is 6.60. The number of carbonyl (C=O) groups excluding carboxylic acids is 1. The highest BCUT2D eigenvalue weighted by atomic mass is 32.2. The largest absolute Gasteiger partial charge is 0.294 e. The molecule has 1 aliphatic rings. The van der Waals surface area contributed by atoms with Gasteiger partial charge >= 0.3 is 0 Å². The van der Waals surface area contributed by atoms with E-state index in [1.54, 1.807) is 24.3 Å². The van der Waals surface area contributed by atoms with Gasteiger partial charge in [-0.15, -0.1) is 0 Å². The monoisotopic (exact) mass is 348 g/mol. The van der Waals surface area contributed by atoms with E-state index in [4.69, 9.17) is 0 Å². The lowest BCUT2D eigenvalue weighted by atomic mass is 9.96. The minimum absolute atomic E-state index is 0.0461. The van der Waals surface area contributed by atoms with Crippen molar-refractivity contribution < 1.29 is 22.0 Å². The first-order valence-electron chi connectivity index (χ1n) is 7.38. The Hall–Kier alpha value is -2.34. The third-order valence-corrected chi connectivity index (χ3v) is 4.57. The van der Waals surface area contributed by atoms with Crippen LogP contribution in [0.25, 0.3) is 11.1 Å². The first kappa shape index (κ1) is 16.5. The lowest BCUT2D eigenvalue weighted by Crippen LogP contribution is -1.98. The van der Waals surface area contributed by atoms with Crippen LogP contribution in [-0.2, 0) is 21.3 Å². The third-order valence-electron chi connectivity index (χ3n) is 3.95. The first-order chi connectivity index (χ1) is 11.4. The normalized spacial score (nSPS) is 14.7. The standard InChI is InChI=1S/C18H14F2O3S/c19-14-7-13(8-15(20)9-14)18-16(5-6-17(18)21)12-3-1-11(2-4-12)10-24(22)23/h1-4,7-9,24H,5-6,10H2. The molecule has 0 unspecified atom stereocenters. The van der Waals surface area contributed by atoms with Gasteiger partial charge in [-0.05, 0) is 40.8 Å². The van der Waals surface area contributed by atoms with Crippen molar-refractivity contribution in [2.45, 2.75) is 18.6 Å². The molecule has 3 rings (SSSR count). The fourth-order valence-electron chi connectivity index (χ4n) is 2.94. The molecule has 0 aliphatic heterocycles. The van der Waals surface area contributed by atoms with E-state index in [0.717, 1.165) is 29.3 Å². The first-order valence-corrected chi connectivity index (χ1v) is 8.74. The van der Waals surface area contributed by atoms with E-state index in [1.807, 2.05) is 0 Å².